The molecular weight excluding hydrogens is 430 g/mol. The zero-order valence-electron chi connectivity index (χ0n) is 17.3. The molecule has 1 aliphatic rings. The average molecular weight is 460 g/mol. The van der Waals surface area contributed by atoms with Crippen LogP contribution >= 0.6 is 23.1 Å². The summed E-state index contributed by atoms with van der Waals surface area (Å²) in [6.07, 6.45) is 14.2. The average Bonchev–Trinajstić information content (AvgIpc) is 3.03. The van der Waals surface area contributed by atoms with Gasteiger partial charge >= 0.3 is 15.5 Å². The van der Waals surface area contributed by atoms with Crippen molar-refractivity contribution in [2.24, 2.45) is 10.7 Å². The molecule has 1 aromatic heterocycles. The highest BCUT2D eigenvalue weighted by Crippen LogP contribution is 2.43. The van der Waals surface area contributed by atoms with Crippen LogP contribution in [0.2, 0.25) is 0 Å². The Bertz CT molecular complexity index is 870. The van der Waals surface area contributed by atoms with Crippen molar-refractivity contribution in [3.05, 3.63) is 18.6 Å². The number of rotatable bonds is 11. The van der Waals surface area contributed by atoms with E-state index >= 15 is 4.39 Å². The van der Waals surface area contributed by atoms with Gasteiger partial charge in [-0.15, -0.1) is 0 Å². The molecule has 5 atom stereocenters. The van der Waals surface area contributed by atoms with Crippen LogP contribution in [0.5, 0.6) is 0 Å². The number of alkyl halides is 1. The molecule has 2 rings (SSSR count). The Kier molecular flexibility index (Phi) is 8.28. The molecule has 3 N–H and O–H groups in total. The predicted octanol–water partition coefficient (Wildman–Crippen LogP) is 4.58. The van der Waals surface area contributed by atoms with E-state index in [-0.39, 0.29) is 18.8 Å². The maximum absolute atomic E-state index is 15.4. The molecule has 1 aromatic rings. The number of nitrogens with two attached hydrogens (primary N) is 1. The van der Waals surface area contributed by atoms with Crippen LogP contribution in [-0.2, 0) is 9.05 Å². The summed E-state index contributed by atoms with van der Waals surface area (Å²) in [6.45, 7) is 9.35. The molecule has 0 bridgehead atoms. The molecule has 1 aliphatic heterocycles. The van der Waals surface area contributed by atoms with Gasteiger partial charge in [0.25, 0.3) is 5.90 Å². The second-order valence-corrected chi connectivity index (χ2v) is 12.6. The maximum atomic E-state index is 15.4. The van der Waals surface area contributed by atoms with Gasteiger partial charge in [-0.2, -0.15) is 4.99 Å². The normalized spacial score (nSPS) is 18.1. The highest BCUT2D eigenvalue weighted by atomic mass is 31.2. The van der Waals surface area contributed by atoms with E-state index < -0.39 is 35.2 Å². The lowest BCUT2D eigenvalue weighted by atomic mass is 10.2. The van der Waals surface area contributed by atoms with Crippen molar-refractivity contribution in [3.8, 4) is 0 Å². The summed E-state index contributed by atoms with van der Waals surface area (Å²) in [6, 6.07) is 0. The number of nitrogens with one attached hydrogen (secondary N) is 1. The van der Waals surface area contributed by atoms with Gasteiger partial charge < -0.3 is 15.8 Å². The van der Waals surface area contributed by atoms with Crippen LogP contribution in [0, 0.1) is 0 Å². The highest BCUT2D eigenvalue weighted by molar-refractivity contribution is 7.73. The van der Waals surface area contributed by atoms with E-state index in [1.54, 1.807) is 24.7 Å². The fourth-order valence-corrected chi connectivity index (χ4v) is 8.07. The molecule has 0 radical (unpaired) electrons. The Balaban J connectivity index is 2.02. The second-order valence-electron chi connectivity index (χ2n) is 6.86. The molecule has 0 aliphatic carbocycles. The number of guanidine groups is 1. The topological polar surface area (TPSA) is 86.7 Å². The van der Waals surface area contributed by atoms with Gasteiger partial charge in [0.05, 0.1) is 18.3 Å². The van der Waals surface area contributed by atoms with E-state index in [2.05, 4.69) is 40.8 Å². The third-order valence-corrected chi connectivity index (χ3v) is 10.0. The lowest BCUT2D eigenvalue weighted by Crippen LogP contribution is -2.33. The van der Waals surface area contributed by atoms with E-state index in [0.29, 0.717) is 23.4 Å². The van der Waals surface area contributed by atoms with Crippen molar-refractivity contribution in [1.82, 2.24) is 14.9 Å². The van der Waals surface area contributed by atoms with E-state index in [4.69, 9.17) is 14.8 Å². The van der Waals surface area contributed by atoms with Crippen molar-refractivity contribution in [2.45, 2.75) is 38.8 Å². The van der Waals surface area contributed by atoms with Crippen LogP contribution in [0.4, 0.5) is 10.2 Å². The van der Waals surface area contributed by atoms with Gasteiger partial charge in [0.15, 0.2) is 11.8 Å². The number of hydrogen-bond acceptors (Lipinski definition) is 6. The highest BCUT2D eigenvalue weighted by Gasteiger charge is 2.35. The van der Waals surface area contributed by atoms with Crippen LogP contribution in [-0.4, -0.2) is 59.0 Å². The van der Waals surface area contributed by atoms with Crippen LogP contribution in [0.25, 0.3) is 5.70 Å². The standard InChI is InChI=1S/C18H30FN5O2P3/c1-8-18(19,9-10-28(6)12-29(7)26-27(4)5)25-14(3)24-11-21-15-13(2)22-17(20)23-16(15)24/h11,14H,2,4,6-10,12H2,1,3,5H3,(H3,20,22,23)/q+3/t14-,18?/m1/s1. The largest absolute Gasteiger partial charge is 0.369 e. The van der Waals surface area contributed by atoms with Crippen molar-refractivity contribution >= 4 is 59.5 Å². The van der Waals surface area contributed by atoms with Crippen molar-refractivity contribution < 1.29 is 13.4 Å². The SMILES string of the molecule is C=C1NC(N)=Nc2c1ncn2[C@@H](C)OC(F)(CC)CC[P+](=C)C[P+](=C)O[P+](=C)C. The number of aromatic nitrogens is 2. The fraction of sp³-hybridized carbons (Fsp3) is 0.500. The van der Waals surface area contributed by atoms with E-state index in [1.165, 1.54) is 0 Å². The molecule has 7 nitrogen and oxygen atoms in total. The van der Waals surface area contributed by atoms with Gasteiger partial charge in [-0.05, 0) is 6.92 Å². The molecule has 2 heterocycles. The lowest BCUT2D eigenvalue weighted by Gasteiger charge is -2.28. The quantitative estimate of drug-likeness (QED) is 0.472. The van der Waals surface area contributed by atoms with E-state index in [0.717, 1.165) is 5.90 Å². The first-order valence-electron chi connectivity index (χ1n) is 9.14. The molecule has 0 saturated carbocycles. The van der Waals surface area contributed by atoms with Crippen LogP contribution in [0.15, 0.2) is 17.9 Å². The molecule has 0 spiro atoms. The summed E-state index contributed by atoms with van der Waals surface area (Å²) < 4.78 is 28.6. The number of ether oxygens (including phenoxy) is 1. The Morgan fingerprint density at radius 3 is 2.72 bits per heavy atom. The second kappa shape index (κ2) is 10.1. The van der Waals surface area contributed by atoms with Crippen LogP contribution in [0.3, 0.4) is 0 Å². The smallest absolute Gasteiger partial charge is 0.354 e. The fourth-order valence-electron chi connectivity index (χ4n) is 2.82. The summed E-state index contributed by atoms with van der Waals surface area (Å²) in [5.41, 5.74) is 6.89. The first-order chi connectivity index (χ1) is 13.5. The van der Waals surface area contributed by atoms with Gasteiger partial charge in [-0.25, -0.2) is 9.37 Å². The number of nitrogens with zero attached hydrogens (tertiary/aromatic N) is 3. The maximum Gasteiger partial charge on any atom is 0.354 e. The molecule has 29 heavy (non-hydrogen) atoms. The minimum Gasteiger partial charge on any atom is -0.369 e. The molecule has 158 valence electrons. The zero-order valence-corrected chi connectivity index (χ0v) is 19.9. The molecule has 0 saturated heterocycles. The Labute approximate surface area is 174 Å². The first-order valence-corrected chi connectivity index (χ1v) is 14.6. The monoisotopic (exact) mass is 460 g/mol. The summed E-state index contributed by atoms with van der Waals surface area (Å²) in [4.78, 5) is 8.54. The molecule has 0 amide bonds. The van der Waals surface area contributed by atoms with Gasteiger partial charge in [-0.1, -0.05) is 13.5 Å². The zero-order chi connectivity index (χ0) is 21.8. The third kappa shape index (κ3) is 6.53. The van der Waals surface area contributed by atoms with Crippen molar-refractivity contribution in [3.63, 3.8) is 0 Å². The Morgan fingerprint density at radius 2 is 2.10 bits per heavy atom. The van der Waals surface area contributed by atoms with Gasteiger partial charge in [0, 0.05) is 17.2 Å². The van der Waals surface area contributed by atoms with Crippen LogP contribution in [0.1, 0.15) is 38.6 Å². The molecule has 0 fully saturated rings. The van der Waals surface area contributed by atoms with Gasteiger partial charge in [0.2, 0.25) is 5.85 Å². The Morgan fingerprint density at radius 1 is 1.41 bits per heavy atom. The number of halogens is 1. The number of hydrogen-bond donors (Lipinski definition) is 2. The molecule has 0 aromatic carbocycles. The summed E-state index contributed by atoms with van der Waals surface area (Å²) in [5, 5.41) is 2.83. The summed E-state index contributed by atoms with van der Waals surface area (Å²) >= 11 is 0. The van der Waals surface area contributed by atoms with Crippen molar-refractivity contribution in [2.75, 3.05) is 18.7 Å². The number of aliphatic imine (C=N–C) groups is 1. The minimum absolute atomic E-state index is 0.214. The van der Waals surface area contributed by atoms with Crippen LogP contribution < -0.4 is 11.1 Å². The summed E-state index contributed by atoms with van der Waals surface area (Å²) in [7, 11) is -2.13. The molecule has 4 unspecified atom stereocenters. The van der Waals surface area contributed by atoms with Gasteiger partial charge in [0.1, 0.15) is 44.9 Å². The summed E-state index contributed by atoms with van der Waals surface area (Å²) in [5.74, 6) is -0.283. The minimum atomic E-state index is -1.78. The third-order valence-electron chi connectivity index (χ3n) is 4.27. The number of imidazole rings is 1. The molecule has 11 heteroatoms. The van der Waals surface area contributed by atoms with E-state index in [9.17, 15) is 0 Å². The predicted molar refractivity (Wildman–Crippen MR) is 129 cm³/mol. The lowest BCUT2D eigenvalue weighted by molar-refractivity contribution is -0.198. The number of fused-ring (bicyclic) bond motifs is 1. The first kappa shape index (κ1) is 23.9. The Hall–Kier alpha value is -1.42. The molecular formula is C18H30FN5O2P3+3. The van der Waals surface area contributed by atoms with E-state index in [1.807, 2.05) is 6.66 Å². The van der Waals surface area contributed by atoms with Gasteiger partial charge in [-0.3, -0.25) is 4.57 Å². The van der Waals surface area contributed by atoms with Crippen molar-refractivity contribution in [1.29, 1.82) is 0 Å².